The van der Waals surface area contributed by atoms with Crippen molar-refractivity contribution in [2.45, 2.75) is 43.4 Å². The molecule has 1 aromatic carbocycles. The van der Waals surface area contributed by atoms with E-state index in [-0.39, 0.29) is 11.7 Å². The third-order valence-electron chi connectivity index (χ3n) is 5.39. The number of hydrogen-bond donors (Lipinski definition) is 2. The minimum absolute atomic E-state index is 0.0529. The molecule has 2 N–H and O–H groups in total. The second-order valence-corrected chi connectivity index (χ2v) is 7.11. The molecular weight excluding hydrogens is 290 g/mol. The zero-order chi connectivity index (χ0) is 15.5. The molecule has 23 heavy (non-hydrogen) atoms. The molecule has 4 rings (SSSR count). The Kier molecular flexibility index (Phi) is 4.53. The van der Waals surface area contributed by atoms with Gasteiger partial charge in [-0.1, -0.05) is 18.2 Å². The molecule has 126 valence electrons. The van der Waals surface area contributed by atoms with Gasteiger partial charge in [-0.25, -0.2) is 0 Å². The van der Waals surface area contributed by atoms with E-state index in [1.165, 1.54) is 6.42 Å². The third-order valence-corrected chi connectivity index (χ3v) is 5.39. The highest BCUT2D eigenvalue weighted by Gasteiger charge is 2.43. The predicted molar refractivity (Wildman–Crippen MR) is 89.4 cm³/mol. The van der Waals surface area contributed by atoms with E-state index in [0.717, 1.165) is 57.8 Å². The minimum atomic E-state index is 0.0529. The van der Waals surface area contributed by atoms with Gasteiger partial charge < -0.3 is 14.4 Å². The maximum absolute atomic E-state index is 6.20. The Morgan fingerprint density at radius 2 is 2.04 bits per heavy atom. The standard InChI is InChI=1S/C18H27N3O2/c1-2-4-16(5-3-1)23-17-12-18(22-14-17)7-10-21(11-8-18)13-15-6-9-19-20-15/h1-5,15,17,19-20H,6-14H2. The third kappa shape index (κ3) is 3.69. The second kappa shape index (κ2) is 6.77. The molecule has 0 aliphatic carbocycles. The summed E-state index contributed by atoms with van der Waals surface area (Å²) in [4.78, 5) is 2.57. The number of ether oxygens (including phenoxy) is 2. The molecule has 0 radical (unpaired) electrons. The normalized spacial score (nSPS) is 30.8. The second-order valence-electron chi connectivity index (χ2n) is 7.11. The summed E-state index contributed by atoms with van der Waals surface area (Å²) in [6.45, 7) is 5.23. The van der Waals surface area contributed by atoms with E-state index in [1.807, 2.05) is 30.3 Å². The molecule has 3 aliphatic heterocycles. The summed E-state index contributed by atoms with van der Waals surface area (Å²) in [6.07, 6.45) is 4.71. The van der Waals surface area contributed by atoms with E-state index in [2.05, 4.69) is 15.8 Å². The van der Waals surface area contributed by atoms with Gasteiger partial charge >= 0.3 is 0 Å². The topological polar surface area (TPSA) is 45.8 Å². The fourth-order valence-electron chi connectivity index (χ4n) is 4.04. The number of nitrogens with one attached hydrogen (secondary N) is 2. The molecule has 3 fully saturated rings. The molecule has 5 heteroatoms. The number of hydrazine groups is 1. The van der Waals surface area contributed by atoms with Crippen molar-refractivity contribution < 1.29 is 9.47 Å². The molecule has 1 spiro atoms. The molecule has 0 amide bonds. The maximum Gasteiger partial charge on any atom is 0.125 e. The van der Waals surface area contributed by atoms with E-state index in [4.69, 9.17) is 9.47 Å². The number of nitrogens with zero attached hydrogens (tertiary/aromatic N) is 1. The number of piperidine rings is 1. The highest BCUT2D eigenvalue weighted by Crippen LogP contribution is 2.37. The molecule has 3 heterocycles. The predicted octanol–water partition coefficient (Wildman–Crippen LogP) is 1.56. The van der Waals surface area contributed by atoms with Crippen LogP contribution in [0.25, 0.3) is 0 Å². The van der Waals surface area contributed by atoms with Gasteiger partial charge in [-0.05, 0) is 31.4 Å². The number of hydrogen-bond acceptors (Lipinski definition) is 5. The van der Waals surface area contributed by atoms with Crippen LogP contribution in [0.5, 0.6) is 5.75 Å². The minimum Gasteiger partial charge on any atom is -0.488 e. The van der Waals surface area contributed by atoms with Crippen LogP contribution in [-0.4, -0.2) is 55.4 Å². The summed E-state index contributed by atoms with van der Waals surface area (Å²) < 4.78 is 12.3. The van der Waals surface area contributed by atoms with Crippen LogP contribution in [0.15, 0.2) is 30.3 Å². The van der Waals surface area contributed by atoms with Crippen molar-refractivity contribution in [1.82, 2.24) is 15.8 Å². The number of benzene rings is 1. The van der Waals surface area contributed by atoms with Gasteiger partial charge in [-0.15, -0.1) is 0 Å². The summed E-state index contributed by atoms with van der Waals surface area (Å²) >= 11 is 0. The van der Waals surface area contributed by atoms with E-state index in [0.29, 0.717) is 6.04 Å². The van der Waals surface area contributed by atoms with Gasteiger partial charge in [-0.2, -0.15) is 0 Å². The van der Waals surface area contributed by atoms with E-state index in [1.54, 1.807) is 0 Å². The van der Waals surface area contributed by atoms with Crippen LogP contribution in [0, 0.1) is 0 Å². The average Bonchev–Trinajstić information content (AvgIpc) is 3.22. The van der Waals surface area contributed by atoms with Crippen LogP contribution in [-0.2, 0) is 4.74 Å². The zero-order valence-corrected chi connectivity index (χ0v) is 13.7. The lowest BCUT2D eigenvalue weighted by Gasteiger charge is -2.39. The monoisotopic (exact) mass is 317 g/mol. The van der Waals surface area contributed by atoms with Gasteiger partial charge in [0.15, 0.2) is 0 Å². The van der Waals surface area contributed by atoms with E-state index in [9.17, 15) is 0 Å². The molecule has 1 aromatic rings. The van der Waals surface area contributed by atoms with Gasteiger partial charge in [-0.3, -0.25) is 10.9 Å². The van der Waals surface area contributed by atoms with Crippen molar-refractivity contribution in [2.75, 3.05) is 32.8 Å². The first kappa shape index (κ1) is 15.4. The molecule has 0 saturated carbocycles. The summed E-state index contributed by atoms with van der Waals surface area (Å²) in [5.41, 5.74) is 6.63. The Morgan fingerprint density at radius 3 is 2.78 bits per heavy atom. The van der Waals surface area contributed by atoms with Gasteiger partial charge in [0, 0.05) is 38.6 Å². The Hall–Kier alpha value is -1.14. The first-order chi connectivity index (χ1) is 11.3. The van der Waals surface area contributed by atoms with Crippen molar-refractivity contribution in [3.63, 3.8) is 0 Å². The fraction of sp³-hybridized carbons (Fsp3) is 0.667. The fourth-order valence-corrected chi connectivity index (χ4v) is 4.04. The van der Waals surface area contributed by atoms with Crippen LogP contribution in [0.3, 0.4) is 0 Å². The average molecular weight is 317 g/mol. The van der Waals surface area contributed by atoms with Crippen molar-refractivity contribution in [3.8, 4) is 5.75 Å². The highest BCUT2D eigenvalue weighted by atomic mass is 16.6. The molecule has 2 atom stereocenters. The van der Waals surface area contributed by atoms with E-state index >= 15 is 0 Å². The number of likely N-dealkylation sites (tertiary alicyclic amines) is 1. The maximum atomic E-state index is 6.20. The van der Waals surface area contributed by atoms with Crippen molar-refractivity contribution >= 4 is 0 Å². The smallest absolute Gasteiger partial charge is 0.125 e. The summed E-state index contributed by atoms with van der Waals surface area (Å²) in [5, 5.41) is 0. The van der Waals surface area contributed by atoms with Crippen molar-refractivity contribution in [3.05, 3.63) is 30.3 Å². The Morgan fingerprint density at radius 1 is 1.22 bits per heavy atom. The van der Waals surface area contributed by atoms with Gasteiger partial charge in [0.25, 0.3) is 0 Å². The molecule has 5 nitrogen and oxygen atoms in total. The lowest BCUT2D eigenvalue weighted by atomic mass is 9.87. The zero-order valence-electron chi connectivity index (χ0n) is 13.7. The molecular formula is C18H27N3O2. The summed E-state index contributed by atoms with van der Waals surface area (Å²) in [5.74, 6) is 0.954. The Balaban J connectivity index is 1.26. The van der Waals surface area contributed by atoms with Crippen LogP contribution in [0.1, 0.15) is 25.7 Å². The van der Waals surface area contributed by atoms with Gasteiger partial charge in [0.05, 0.1) is 12.2 Å². The SMILES string of the molecule is c1ccc(OC2COC3(CCN(CC4CCNN4)CC3)C2)cc1. The summed E-state index contributed by atoms with van der Waals surface area (Å²) in [6, 6.07) is 10.7. The quantitative estimate of drug-likeness (QED) is 0.882. The largest absolute Gasteiger partial charge is 0.488 e. The van der Waals surface area contributed by atoms with Crippen molar-refractivity contribution in [2.24, 2.45) is 0 Å². The lowest BCUT2D eigenvalue weighted by molar-refractivity contribution is -0.0450. The van der Waals surface area contributed by atoms with Crippen LogP contribution >= 0.6 is 0 Å². The molecule has 3 aliphatic rings. The molecule has 3 saturated heterocycles. The number of rotatable bonds is 4. The molecule has 0 aromatic heterocycles. The summed E-state index contributed by atoms with van der Waals surface area (Å²) in [7, 11) is 0. The van der Waals surface area contributed by atoms with E-state index < -0.39 is 0 Å². The Bertz CT molecular complexity index is 496. The molecule has 0 bridgehead atoms. The van der Waals surface area contributed by atoms with Gasteiger partial charge in [0.1, 0.15) is 11.9 Å². The van der Waals surface area contributed by atoms with Crippen LogP contribution in [0.2, 0.25) is 0 Å². The highest BCUT2D eigenvalue weighted by molar-refractivity contribution is 5.21. The number of para-hydroxylation sites is 1. The molecule has 2 unspecified atom stereocenters. The van der Waals surface area contributed by atoms with Crippen LogP contribution < -0.4 is 15.6 Å². The van der Waals surface area contributed by atoms with Crippen LogP contribution in [0.4, 0.5) is 0 Å². The first-order valence-corrected chi connectivity index (χ1v) is 8.88. The first-order valence-electron chi connectivity index (χ1n) is 8.88. The van der Waals surface area contributed by atoms with Gasteiger partial charge in [0.2, 0.25) is 0 Å². The van der Waals surface area contributed by atoms with Crippen molar-refractivity contribution in [1.29, 1.82) is 0 Å². The lowest BCUT2D eigenvalue weighted by Crippen LogP contribution is -2.48. The Labute approximate surface area is 138 Å².